The van der Waals surface area contributed by atoms with Crippen molar-refractivity contribution in [3.05, 3.63) is 63.7 Å². The Morgan fingerprint density at radius 2 is 1.68 bits per heavy atom. The fourth-order valence-corrected chi connectivity index (χ4v) is 2.40. The van der Waals surface area contributed by atoms with Crippen molar-refractivity contribution in [2.75, 3.05) is 34.5 Å². The maximum absolute atomic E-state index is 12.4. The summed E-state index contributed by atoms with van der Waals surface area (Å²) in [6, 6.07) is 9.31. The largest absolute Gasteiger partial charge is 0.493 e. The molecular formula is C20H21NO7. The summed E-state index contributed by atoms with van der Waals surface area (Å²) in [6.45, 7) is 0.875. The predicted octanol–water partition coefficient (Wildman–Crippen LogP) is 3.53. The molecule has 0 aromatic heterocycles. The fraction of sp³-hybridized carbons (Fsp3) is 0.250. The van der Waals surface area contributed by atoms with Gasteiger partial charge < -0.3 is 18.9 Å². The molecule has 0 aliphatic heterocycles. The first-order valence-corrected chi connectivity index (χ1v) is 8.34. The van der Waals surface area contributed by atoms with E-state index in [0.717, 1.165) is 0 Å². The molecule has 0 aliphatic carbocycles. The Labute approximate surface area is 162 Å². The number of methoxy groups -OCH3 is 3. The normalized spacial score (nSPS) is 10.7. The van der Waals surface area contributed by atoms with Crippen LogP contribution in [0.15, 0.2) is 42.5 Å². The first-order valence-electron chi connectivity index (χ1n) is 8.34. The van der Waals surface area contributed by atoms with Crippen LogP contribution in [-0.2, 0) is 4.74 Å². The number of hydrogen-bond donors (Lipinski definition) is 0. The van der Waals surface area contributed by atoms with Gasteiger partial charge in [0.1, 0.15) is 12.4 Å². The highest BCUT2D eigenvalue weighted by molar-refractivity contribution is 6.07. The van der Waals surface area contributed by atoms with Gasteiger partial charge >= 0.3 is 0 Å². The van der Waals surface area contributed by atoms with Gasteiger partial charge in [0, 0.05) is 12.7 Å². The van der Waals surface area contributed by atoms with E-state index in [-0.39, 0.29) is 22.8 Å². The van der Waals surface area contributed by atoms with Crippen LogP contribution in [0.25, 0.3) is 6.08 Å². The lowest BCUT2D eigenvalue weighted by atomic mass is 10.1. The third-order valence-corrected chi connectivity index (χ3v) is 3.84. The number of hydrogen-bond acceptors (Lipinski definition) is 7. The van der Waals surface area contributed by atoms with Crippen molar-refractivity contribution in [1.29, 1.82) is 0 Å². The third-order valence-electron chi connectivity index (χ3n) is 3.84. The van der Waals surface area contributed by atoms with Crippen LogP contribution in [0.3, 0.4) is 0 Å². The molecule has 28 heavy (non-hydrogen) atoms. The van der Waals surface area contributed by atoms with Gasteiger partial charge in [0.05, 0.1) is 37.4 Å². The summed E-state index contributed by atoms with van der Waals surface area (Å²) in [6.07, 6.45) is 2.65. The molecular weight excluding hydrogens is 366 g/mol. The number of nitro groups is 1. The van der Waals surface area contributed by atoms with Crippen LogP contribution in [-0.4, -0.2) is 45.2 Å². The van der Waals surface area contributed by atoms with E-state index in [0.29, 0.717) is 30.3 Å². The van der Waals surface area contributed by atoms with Crippen molar-refractivity contribution in [2.45, 2.75) is 0 Å². The molecule has 2 aromatic rings. The minimum atomic E-state index is -0.543. The van der Waals surface area contributed by atoms with Crippen LogP contribution in [0.4, 0.5) is 5.69 Å². The number of benzene rings is 2. The molecule has 8 heteroatoms. The predicted molar refractivity (Wildman–Crippen MR) is 103 cm³/mol. The SMILES string of the molecule is COCCOc1ccc(C(=O)/C=C/c2cc(OC)c(OC)cc2[N+](=O)[O-])cc1. The number of carbonyl (C=O) groups is 1. The van der Waals surface area contributed by atoms with E-state index in [1.165, 1.54) is 38.5 Å². The molecule has 0 radical (unpaired) electrons. The molecule has 0 unspecified atom stereocenters. The molecule has 0 N–H and O–H groups in total. The first-order chi connectivity index (χ1) is 13.5. The van der Waals surface area contributed by atoms with Gasteiger partial charge in [-0.3, -0.25) is 14.9 Å². The second-order valence-corrected chi connectivity index (χ2v) is 5.59. The molecule has 2 aromatic carbocycles. The Morgan fingerprint density at radius 1 is 1.04 bits per heavy atom. The molecule has 0 spiro atoms. The van der Waals surface area contributed by atoms with Gasteiger partial charge in [-0.25, -0.2) is 0 Å². The lowest BCUT2D eigenvalue weighted by Gasteiger charge is -2.08. The zero-order valence-corrected chi connectivity index (χ0v) is 15.8. The molecule has 0 aliphatic rings. The minimum absolute atomic E-state index is 0.191. The van der Waals surface area contributed by atoms with E-state index in [1.807, 2.05) is 0 Å². The average molecular weight is 387 g/mol. The lowest BCUT2D eigenvalue weighted by molar-refractivity contribution is -0.385. The molecule has 0 saturated carbocycles. The standard InChI is InChI=1S/C20H21NO7/c1-25-10-11-28-16-7-4-14(5-8-16)18(22)9-6-15-12-19(26-2)20(27-3)13-17(15)21(23)24/h4-9,12-13H,10-11H2,1-3H3/b9-6+. The van der Waals surface area contributed by atoms with Gasteiger partial charge in [0.2, 0.25) is 0 Å². The van der Waals surface area contributed by atoms with Crippen LogP contribution >= 0.6 is 0 Å². The van der Waals surface area contributed by atoms with Crippen molar-refractivity contribution < 1.29 is 28.7 Å². The Morgan fingerprint density at radius 3 is 2.25 bits per heavy atom. The Kier molecular flexibility index (Phi) is 7.53. The second kappa shape index (κ2) is 10.1. The second-order valence-electron chi connectivity index (χ2n) is 5.59. The molecule has 2 rings (SSSR count). The Balaban J connectivity index is 2.20. The number of carbonyl (C=O) groups excluding carboxylic acids is 1. The highest BCUT2D eigenvalue weighted by atomic mass is 16.6. The van der Waals surface area contributed by atoms with Crippen molar-refractivity contribution in [3.63, 3.8) is 0 Å². The number of nitrogens with zero attached hydrogens (tertiary/aromatic N) is 1. The van der Waals surface area contributed by atoms with Gasteiger partial charge in [-0.15, -0.1) is 0 Å². The monoisotopic (exact) mass is 387 g/mol. The summed E-state index contributed by atoms with van der Waals surface area (Å²) in [4.78, 5) is 23.1. The number of nitro benzene ring substituents is 1. The molecule has 148 valence electrons. The number of ketones is 1. The molecule has 0 bridgehead atoms. The summed E-state index contributed by atoms with van der Waals surface area (Å²) in [5, 5.41) is 11.3. The maximum atomic E-state index is 12.4. The number of ether oxygens (including phenoxy) is 4. The number of rotatable bonds is 10. The van der Waals surface area contributed by atoms with E-state index >= 15 is 0 Å². The first kappa shape index (κ1) is 20.9. The van der Waals surface area contributed by atoms with Crippen LogP contribution < -0.4 is 14.2 Å². The van der Waals surface area contributed by atoms with E-state index in [2.05, 4.69) is 0 Å². The summed E-state index contributed by atoms with van der Waals surface area (Å²) in [7, 11) is 4.40. The van der Waals surface area contributed by atoms with Crippen molar-refractivity contribution in [3.8, 4) is 17.2 Å². The summed E-state index contributed by atoms with van der Waals surface area (Å²) in [5.41, 5.74) is 0.470. The van der Waals surface area contributed by atoms with Crippen LogP contribution in [0.2, 0.25) is 0 Å². The Hall–Kier alpha value is -3.39. The van der Waals surface area contributed by atoms with E-state index in [4.69, 9.17) is 18.9 Å². The molecule has 0 saturated heterocycles. The zero-order chi connectivity index (χ0) is 20.5. The Bertz CT molecular complexity index is 860. The maximum Gasteiger partial charge on any atom is 0.280 e. The smallest absolute Gasteiger partial charge is 0.280 e. The van der Waals surface area contributed by atoms with E-state index in [1.54, 1.807) is 31.4 Å². The molecule has 0 heterocycles. The van der Waals surface area contributed by atoms with Crippen LogP contribution in [0.1, 0.15) is 15.9 Å². The highest BCUT2D eigenvalue weighted by Gasteiger charge is 2.18. The van der Waals surface area contributed by atoms with E-state index in [9.17, 15) is 14.9 Å². The number of allylic oxidation sites excluding steroid dienone is 1. The van der Waals surface area contributed by atoms with Gasteiger partial charge in [-0.2, -0.15) is 0 Å². The zero-order valence-electron chi connectivity index (χ0n) is 15.8. The highest BCUT2D eigenvalue weighted by Crippen LogP contribution is 2.35. The fourth-order valence-electron chi connectivity index (χ4n) is 2.40. The summed E-state index contributed by atoms with van der Waals surface area (Å²) < 4.78 is 20.6. The molecule has 0 fully saturated rings. The van der Waals surface area contributed by atoms with Gasteiger partial charge in [0.25, 0.3) is 5.69 Å². The van der Waals surface area contributed by atoms with Crippen LogP contribution in [0.5, 0.6) is 17.2 Å². The molecule has 0 atom stereocenters. The van der Waals surface area contributed by atoms with Crippen molar-refractivity contribution >= 4 is 17.5 Å². The minimum Gasteiger partial charge on any atom is -0.493 e. The lowest BCUT2D eigenvalue weighted by Crippen LogP contribution is -2.04. The van der Waals surface area contributed by atoms with Crippen molar-refractivity contribution in [1.82, 2.24) is 0 Å². The molecule has 0 amide bonds. The molecule has 8 nitrogen and oxygen atoms in total. The van der Waals surface area contributed by atoms with Gasteiger partial charge in [0.15, 0.2) is 17.3 Å². The van der Waals surface area contributed by atoms with Crippen molar-refractivity contribution in [2.24, 2.45) is 0 Å². The quantitative estimate of drug-likeness (QED) is 0.202. The average Bonchev–Trinajstić information content (AvgIpc) is 2.71. The van der Waals surface area contributed by atoms with Gasteiger partial charge in [-0.05, 0) is 42.5 Å². The van der Waals surface area contributed by atoms with E-state index < -0.39 is 4.92 Å². The summed E-state index contributed by atoms with van der Waals surface area (Å²) in [5.74, 6) is 0.889. The third kappa shape index (κ3) is 5.31. The topological polar surface area (TPSA) is 97.1 Å². The summed E-state index contributed by atoms with van der Waals surface area (Å²) >= 11 is 0. The van der Waals surface area contributed by atoms with Gasteiger partial charge in [-0.1, -0.05) is 0 Å². The van der Waals surface area contributed by atoms with Crippen LogP contribution in [0, 0.1) is 10.1 Å².